The van der Waals surface area contributed by atoms with Crippen LogP contribution in [0.1, 0.15) is 5.56 Å². The lowest BCUT2D eigenvalue weighted by Gasteiger charge is -2.05. The number of allylic oxidation sites excluding steroid dienone is 1. The van der Waals surface area contributed by atoms with Crippen LogP contribution in [0.3, 0.4) is 0 Å². The van der Waals surface area contributed by atoms with Crippen molar-refractivity contribution >= 4 is 23.8 Å². The normalized spacial score (nSPS) is 12.1. The summed E-state index contributed by atoms with van der Waals surface area (Å²) in [5, 5.41) is 8.87. The lowest BCUT2D eigenvalue weighted by atomic mass is 10.0. The van der Waals surface area contributed by atoms with Gasteiger partial charge in [-0.15, -0.1) is 11.8 Å². The molecule has 6 N–H and O–H groups in total. The van der Waals surface area contributed by atoms with Crippen molar-refractivity contribution in [1.29, 1.82) is 0 Å². The molecule has 0 aromatic heterocycles. The Balaban J connectivity index is 2.18. The number of hydrogen-bond donors (Lipinski definition) is 4. The zero-order valence-corrected chi connectivity index (χ0v) is 14.0. The molecule has 0 fully saturated rings. The van der Waals surface area contributed by atoms with Crippen LogP contribution in [-0.2, 0) is 4.79 Å². The van der Waals surface area contributed by atoms with Crippen molar-refractivity contribution in [3.05, 3.63) is 71.6 Å². The summed E-state index contributed by atoms with van der Waals surface area (Å²) in [7, 11) is 0. The monoisotopic (exact) mass is 341 g/mol. The summed E-state index contributed by atoms with van der Waals surface area (Å²) >= 11 is 1.71. The Bertz CT molecular complexity index is 766. The van der Waals surface area contributed by atoms with Gasteiger partial charge in [-0.1, -0.05) is 42.5 Å². The maximum atomic E-state index is 10.8. The third kappa shape index (κ3) is 4.41. The van der Waals surface area contributed by atoms with Crippen LogP contribution < -0.4 is 17.0 Å². The van der Waals surface area contributed by atoms with Gasteiger partial charge in [-0.3, -0.25) is 5.84 Å². The first kappa shape index (κ1) is 17.7. The zero-order chi connectivity index (χ0) is 17.5. The molecule has 0 spiro atoms. The number of carboxylic acids is 1. The Kier molecular flexibility index (Phi) is 6.06. The van der Waals surface area contributed by atoms with Crippen molar-refractivity contribution in [1.82, 2.24) is 5.43 Å². The molecule has 124 valence electrons. The molecule has 0 aliphatic heterocycles. The summed E-state index contributed by atoms with van der Waals surface area (Å²) < 4.78 is 0. The molecule has 0 saturated carbocycles. The van der Waals surface area contributed by atoms with Gasteiger partial charge < -0.3 is 16.3 Å². The molecule has 24 heavy (non-hydrogen) atoms. The molecule has 0 unspecified atom stereocenters. The van der Waals surface area contributed by atoms with Crippen molar-refractivity contribution in [2.45, 2.75) is 4.90 Å². The van der Waals surface area contributed by atoms with E-state index in [2.05, 4.69) is 29.7 Å². The number of aliphatic carboxylic acids is 1. The molecule has 0 aliphatic carbocycles. The van der Waals surface area contributed by atoms with Crippen LogP contribution in [0.2, 0.25) is 0 Å². The fourth-order valence-electron chi connectivity index (χ4n) is 2.08. The summed E-state index contributed by atoms with van der Waals surface area (Å²) in [6.07, 6.45) is 5.32. The number of carboxylic acid groups (broad SMARTS) is 1. The molecule has 0 saturated heterocycles. The Hall–Kier alpha value is -2.70. The molecule has 0 heterocycles. The van der Waals surface area contributed by atoms with E-state index in [-0.39, 0.29) is 11.4 Å². The number of thioether (sulfide) groups is 1. The fraction of sp³-hybridized carbons (Fsp3) is 0.0556. The summed E-state index contributed by atoms with van der Waals surface area (Å²) in [6, 6.07) is 16.3. The average molecular weight is 341 g/mol. The summed E-state index contributed by atoms with van der Waals surface area (Å²) in [4.78, 5) is 12.1. The second kappa shape index (κ2) is 8.24. The second-order valence-corrected chi connectivity index (χ2v) is 5.84. The predicted octanol–water partition coefficient (Wildman–Crippen LogP) is 2.81. The lowest BCUT2D eigenvalue weighted by Crippen LogP contribution is -2.26. The molecular weight excluding hydrogens is 322 g/mol. The Morgan fingerprint density at radius 1 is 1.08 bits per heavy atom. The third-order valence-corrected chi connectivity index (χ3v) is 4.20. The summed E-state index contributed by atoms with van der Waals surface area (Å²) in [5.41, 5.74) is 10.7. The lowest BCUT2D eigenvalue weighted by molar-refractivity contribution is -0.132. The standard InChI is InChI=1S/C18H19N3O2S/c1-24-15-9-7-14(8-10-15)13-5-2-12(3-6-13)4-11-16(21-20)17(19)18(22)23/h2-11,21H,19-20H2,1H3,(H,22,23)/b11-4+,17-16-. The van der Waals surface area contributed by atoms with Crippen molar-refractivity contribution in [2.75, 3.05) is 6.26 Å². The molecule has 0 aliphatic rings. The highest BCUT2D eigenvalue weighted by Crippen LogP contribution is 2.23. The average Bonchev–Trinajstić information content (AvgIpc) is 2.62. The maximum Gasteiger partial charge on any atom is 0.353 e. The highest BCUT2D eigenvalue weighted by atomic mass is 32.2. The van der Waals surface area contributed by atoms with Crippen LogP contribution in [0.5, 0.6) is 0 Å². The van der Waals surface area contributed by atoms with Crippen molar-refractivity contribution in [3.63, 3.8) is 0 Å². The van der Waals surface area contributed by atoms with Crippen molar-refractivity contribution in [2.24, 2.45) is 11.6 Å². The van der Waals surface area contributed by atoms with E-state index >= 15 is 0 Å². The molecule has 0 atom stereocenters. The highest BCUT2D eigenvalue weighted by molar-refractivity contribution is 7.98. The third-order valence-electron chi connectivity index (χ3n) is 3.45. The molecule has 2 rings (SSSR count). The van der Waals surface area contributed by atoms with E-state index in [9.17, 15) is 4.79 Å². The summed E-state index contributed by atoms with van der Waals surface area (Å²) in [5.74, 6) is 4.07. The van der Waals surface area contributed by atoms with Gasteiger partial charge in [-0.2, -0.15) is 0 Å². The van der Waals surface area contributed by atoms with E-state index in [0.29, 0.717) is 0 Å². The SMILES string of the molecule is CSc1ccc(-c2ccc(/C=C/C(NN)=C(/N)C(=O)O)cc2)cc1. The number of rotatable bonds is 6. The summed E-state index contributed by atoms with van der Waals surface area (Å²) in [6.45, 7) is 0. The van der Waals surface area contributed by atoms with Gasteiger partial charge in [0, 0.05) is 4.90 Å². The van der Waals surface area contributed by atoms with Crippen LogP contribution >= 0.6 is 11.8 Å². The largest absolute Gasteiger partial charge is 0.477 e. The van der Waals surface area contributed by atoms with Gasteiger partial charge in [-0.25, -0.2) is 4.79 Å². The van der Waals surface area contributed by atoms with Crippen LogP contribution in [0.4, 0.5) is 0 Å². The number of carbonyl (C=O) groups is 1. The maximum absolute atomic E-state index is 10.8. The van der Waals surface area contributed by atoms with E-state index in [1.807, 2.05) is 30.5 Å². The highest BCUT2D eigenvalue weighted by Gasteiger charge is 2.06. The molecule has 0 amide bonds. The van der Waals surface area contributed by atoms with E-state index in [4.69, 9.17) is 16.7 Å². The van der Waals surface area contributed by atoms with E-state index in [1.165, 1.54) is 11.0 Å². The number of hydrazine groups is 1. The number of benzene rings is 2. The number of hydrogen-bond acceptors (Lipinski definition) is 5. The zero-order valence-electron chi connectivity index (χ0n) is 13.2. The number of nitrogens with one attached hydrogen (secondary N) is 1. The molecule has 0 bridgehead atoms. The van der Waals surface area contributed by atoms with Gasteiger partial charge >= 0.3 is 5.97 Å². The van der Waals surface area contributed by atoms with Gasteiger partial charge in [0.05, 0.1) is 5.70 Å². The molecule has 0 radical (unpaired) electrons. The van der Waals surface area contributed by atoms with E-state index in [1.54, 1.807) is 17.8 Å². The Labute approximate surface area is 145 Å². The van der Waals surface area contributed by atoms with Gasteiger partial charge in [-0.05, 0) is 41.2 Å². The fourth-order valence-corrected chi connectivity index (χ4v) is 2.49. The minimum Gasteiger partial charge on any atom is -0.477 e. The van der Waals surface area contributed by atoms with Crippen LogP contribution in [0.25, 0.3) is 17.2 Å². The van der Waals surface area contributed by atoms with Gasteiger partial charge in [0.15, 0.2) is 0 Å². The first-order valence-electron chi connectivity index (χ1n) is 7.17. The first-order valence-corrected chi connectivity index (χ1v) is 8.40. The van der Waals surface area contributed by atoms with Crippen molar-refractivity contribution in [3.8, 4) is 11.1 Å². The van der Waals surface area contributed by atoms with E-state index in [0.717, 1.165) is 16.7 Å². The molecule has 6 heteroatoms. The minimum absolute atomic E-state index is 0.152. The van der Waals surface area contributed by atoms with Gasteiger partial charge in [0.25, 0.3) is 0 Å². The van der Waals surface area contributed by atoms with Gasteiger partial charge in [0.2, 0.25) is 0 Å². The Morgan fingerprint density at radius 3 is 2.08 bits per heavy atom. The smallest absolute Gasteiger partial charge is 0.353 e. The Morgan fingerprint density at radius 2 is 1.62 bits per heavy atom. The van der Waals surface area contributed by atoms with E-state index < -0.39 is 5.97 Å². The van der Waals surface area contributed by atoms with Crippen LogP contribution in [0, 0.1) is 0 Å². The van der Waals surface area contributed by atoms with Gasteiger partial charge in [0.1, 0.15) is 5.70 Å². The molecular formula is C18H19N3O2S. The van der Waals surface area contributed by atoms with Crippen molar-refractivity contribution < 1.29 is 9.90 Å². The molecule has 2 aromatic carbocycles. The molecule has 5 nitrogen and oxygen atoms in total. The second-order valence-electron chi connectivity index (χ2n) is 4.96. The topological polar surface area (TPSA) is 101 Å². The quantitative estimate of drug-likeness (QED) is 0.212. The van der Waals surface area contributed by atoms with Crippen LogP contribution in [0.15, 0.2) is 70.9 Å². The predicted molar refractivity (Wildman–Crippen MR) is 98.9 cm³/mol. The molecule has 2 aromatic rings. The minimum atomic E-state index is -1.23. The first-order chi connectivity index (χ1) is 11.5. The van der Waals surface area contributed by atoms with Crippen LogP contribution in [-0.4, -0.2) is 17.3 Å². The number of nitrogens with two attached hydrogens (primary N) is 2.